The number of nitrogens with one attached hydrogen (secondary N) is 2. The monoisotopic (exact) mass is 285 g/mol. The lowest BCUT2D eigenvalue weighted by Gasteiger charge is -2.11. The maximum atomic E-state index is 11.9. The fourth-order valence-corrected chi connectivity index (χ4v) is 1.73. The Morgan fingerprint density at radius 1 is 1.05 bits per heavy atom. The molecule has 1 aromatic heterocycles. The summed E-state index contributed by atoms with van der Waals surface area (Å²) in [7, 11) is 3.71. The number of amides is 2. The molecule has 0 fully saturated rings. The summed E-state index contributed by atoms with van der Waals surface area (Å²) in [4.78, 5) is 21.9. The average molecular weight is 285 g/mol. The highest BCUT2D eigenvalue weighted by molar-refractivity contribution is 5.99. The quantitative estimate of drug-likeness (QED) is 0.906. The summed E-state index contributed by atoms with van der Waals surface area (Å²) in [6.07, 6.45) is 4.12. The van der Waals surface area contributed by atoms with Crippen molar-refractivity contribution < 1.29 is 4.79 Å². The van der Waals surface area contributed by atoms with Gasteiger partial charge in [0.25, 0.3) is 0 Å². The summed E-state index contributed by atoms with van der Waals surface area (Å²) >= 11 is 0. The maximum Gasteiger partial charge on any atom is 0.323 e. The van der Waals surface area contributed by atoms with Crippen LogP contribution < -0.4 is 15.5 Å². The second-order valence-corrected chi connectivity index (χ2v) is 4.80. The van der Waals surface area contributed by atoms with Crippen molar-refractivity contribution in [1.29, 1.82) is 0 Å². The third kappa shape index (κ3) is 4.17. The lowest BCUT2D eigenvalue weighted by Crippen LogP contribution is -2.20. The SMILES string of the molecule is CCc1ccc(NC(=O)Nc2cnc(N(C)C)nc2)cc1. The van der Waals surface area contributed by atoms with Crippen LogP contribution in [0, 0.1) is 0 Å². The molecule has 0 aliphatic carbocycles. The van der Waals surface area contributed by atoms with Crippen LogP contribution in [0.4, 0.5) is 22.1 Å². The average Bonchev–Trinajstić information content (AvgIpc) is 2.48. The zero-order chi connectivity index (χ0) is 15.2. The van der Waals surface area contributed by atoms with Gasteiger partial charge >= 0.3 is 6.03 Å². The van der Waals surface area contributed by atoms with Gasteiger partial charge in [-0.15, -0.1) is 0 Å². The van der Waals surface area contributed by atoms with E-state index in [1.165, 1.54) is 5.56 Å². The van der Waals surface area contributed by atoms with E-state index in [0.717, 1.165) is 12.1 Å². The van der Waals surface area contributed by atoms with Gasteiger partial charge < -0.3 is 15.5 Å². The predicted molar refractivity (Wildman–Crippen MR) is 84.8 cm³/mol. The number of carbonyl (C=O) groups is 1. The normalized spacial score (nSPS) is 10.0. The van der Waals surface area contributed by atoms with Gasteiger partial charge in [-0.25, -0.2) is 14.8 Å². The highest BCUT2D eigenvalue weighted by atomic mass is 16.2. The van der Waals surface area contributed by atoms with E-state index in [4.69, 9.17) is 0 Å². The number of aryl methyl sites for hydroxylation is 1. The van der Waals surface area contributed by atoms with E-state index in [2.05, 4.69) is 27.5 Å². The van der Waals surface area contributed by atoms with E-state index in [1.807, 2.05) is 38.4 Å². The molecule has 0 spiro atoms. The number of benzene rings is 1. The summed E-state index contributed by atoms with van der Waals surface area (Å²) in [5.41, 5.74) is 2.52. The molecule has 0 unspecified atom stereocenters. The minimum Gasteiger partial charge on any atom is -0.347 e. The Hall–Kier alpha value is -2.63. The third-order valence-electron chi connectivity index (χ3n) is 2.92. The van der Waals surface area contributed by atoms with Gasteiger partial charge in [0.15, 0.2) is 0 Å². The third-order valence-corrected chi connectivity index (χ3v) is 2.92. The number of carbonyl (C=O) groups excluding carboxylic acids is 1. The number of hydrogen-bond acceptors (Lipinski definition) is 4. The summed E-state index contributed by atoms with van der Waals surface area (Å²) in [6.45, 7) is 2.09. The number of rotatable bonds is 4. The Morgan fingerprint density at radius 3 is 2.14 bits per heavy atom. The molecule has 1 aromatic carbocycles. The first-order valence-electron chi connectivity index (χ1n) is 6.75. The summed E-state index contributed by atoms with van der Waals surface area (Å²) in [5.74, 6) is 0.594. The second-order valence-electron chi connectivity index (χ2n) is 4.80. The number of aromatic nitrogens is 2. The Bertz CT molecular complexity index is 592. The van der Waals surface area contributed by atoms with Crippen LogP contribution in [0.1, 0.15) is 12.5 Å². The number of urea groups is 1. The molecule has 21 heavy (non-hydrogen) atoms. The van der Waals surface area contributed by atoms with E-state index < -0.39 is 0 Å². The molecule has 2 rings (SSSR count). The number of anilines is 3. The molecule has 2 aromatic rings. The van der Waals surface area contributed by atoms with Crippen molar-refractivity contribution >= 4 is 23.4 Å². The Labute approximate surface area is 124 Å². The van der Waals surface area contributed by atoms with E-state index >= 15 is 0 Å². The fourth-order valence-electron chi connectivity index (χ4n) is 1.73. The largest absolute Gasteiger partial charge is 0.347 e. The van der Waals surface area contributed by atoms with Crippen molar-refractivity contribution in [3.8, 4) is 0 Å². The first-order valence-corrected chi connectivity index (χ1v) is 6.75. The molecule has 2 amide bonds. The van der Waals surface area contributed by atoms with Gasteiger partial charge in [-0.2, -0.15) is 0 Å². The fraction of sp³-hybridized carbons (Fsp3) is 0.267. The van der Waals surface area contributed by atoms with Gasteiger partial charge in [0.1, 0.15) is 0 Å². The summed E-state index contributed by atoms with van der Waals surface area (Å²) in [5, 5.41) is 5.45. The molecule has 6 nitrogen and oxygen atoms in total. The van der Waals surface area contributed by atoms with Crippen molar-refractivity contribution in [2.45, 2.75) is 13.3 Å². The molecule has 0 saturated carbocycles. The van der Waals surface area contributed by atoms with Crippen molar-refractivity contribution in [3.63, 3.8) is 0 Å². The molecule has 0 bridgehead atoms. The minimum atomic E-state index is -0.319. The maximum absolute atomic E-state index is 11.9. The predicted octanol–water partition coefficient (Wildman–Crippen LogP) is 2.75. The topological polar surface area (TPSA) is 70.2 Å². The van der Waals surface area contributed by atoms with Crippen molar-refractivity contribution in [2.75, 3.05) is 29.6 Å². The zero-order valence-corrected chi connectivity index (χ0v) is 12.4. The molecule has 0 aliphatic rings. The van der Waals surface area contributed by atoms with Crippen LogP contribution in [0.2, 0.25) is 0 Å². The van der Waals surface area contributed by atoms with E-state index in [0.29, 0.717) is 11.6 Å². The first kappa shape index (κ1) is 14.8. The molecule has 0 saturated heterocycles. The van der Waals surface area contributed by atoms with E-state index in [9.17, 15) is 4.79 Å². The van der Waals surface area contributed by atoms with E-state index in [-0.39, 0.29) is 6.03 Å². The molecule has 0 radical (unpaired) electrons. The standard InChI is InChI=1S/C15H19N5O/c1-4-11-5-7-12(8-6-11)18-15(21)19-13-9-16-14(17-10-13)20(2)3/h5-10H,4H2,1-3H3,(H2,18,19,21). The molecule has 0 atom stereocenters. The van der Waals surface area contributed by atoms with Crippen LogP contribution in [0.15, 0.2) is 36.7 Å². The highest BCUT2D eigenvalue weighted by Gasteiger charge is 2.04. The molecule has 110 valence electrons. The molecular formula is C15H19N5O. The minimum absolute atomic E-state index is 0.319. The van der Waals surface area contributed by atoms with Crippen molar-refractivity contribution in [2.24, 2.45) is 0 Å². The Morgan fingerprint density at radius 2 is 1.62 bits per heavy atom. The van der Waals surface area contributed by atoms with Crippen molar-refractivity contribution in [3.05, 3.63) is 42.2 Å². The molecule has 0 aliphatic heterocycles. The lowest BCUT2D eigenvalue weighted by atomic mass is 10.1. The van der Waals surface area contributed by atoms with Crippen LogP contribution in [-0.4, -0.2) is 30.1 Å². The number of nitrogens with zero attached hydrogens (tertiary/aromatic N) is 3. The van der Waals surface area contributed by atoms with Gasteiger partial charge in [0, 0.05) is 19.8 Å². The highest BCUT2D eigenvalue weighted by Crippen LogP contribution is 2.11. The summed E-state index contributed by atoms with van der Waals surface area (Å²) in [6, 6.07) is 7.42. The Balaban J connectivity index is 1.94. The van der Waals surface area contributed by atoms with Gasteiger partial charge in [-0.05, 0) is 24.1 Å². The van der Waals surface area contributed by atoms with Gasteiger partial charge in [0.05, 0.1) is 18.1 Å². The Kier molecular flexibility index (Phi) is 4.71. The van der Waals surface area contributed by atoms with Crippen LogP contribution in [0.25, 0.3) is 0 Å². The van der Waals surface area contributed by atoms with Crippen LogP contribution in [0.3, 0.4) is 0 Å². The number of hydrogen-bond donors (Lipinski definition) is 2. The lowest BCUT2D eigenvalue weighted by molar-refractivity contribution is 0.262. The van der Waals surface area contributed by atoms with Crippen LogP contribution >= 0.6 is 0 Å². The smallest absolute Gasteiger partial charge is 0.323 e. The molecule has 1 heterocycles. The van der Waals surface area contributed by atoms with Crippen LogP contribution in [0.5, 0.6) is 0 Å². The van der Waals surface area contributed by atoms with Gasteiger partial charge in [-0.3, -0.25) is 0 Å². The van der Waals surface area contributed by atoms with E-state index in [1.54, 1.807) is 17.3 Å². The summed E-state index contributed by atoms with van der Waals surface area (Å²) < 4.78 is 0. The van der Waals surface area contributed by atoms with Crippen LogP contribution in [-0.2, 0) is 6.42 Å². The van der Waals surface area contributed by atoms with Gasteiger partial charge in [0.2, 0.25) is 5.95 Å². The van der Waals surface area contributed by atoms with Gasteiger partial charge in [-0.1, -0.05) is 19.1 Å². The molecular weight excluding hydrogens is 266 g/mol. The van der Waals surface area contributed by atoms with Crippen molar-refractivity contribution in [1.82, 2.24) is 9.97 Å². The molecule has 6 heteroatoms. The second kappa shape index (κ2) is 6.69. The zero-order valence-electron chi connectivity index (χ0n) is 12.4. The first-order chi connectivity index (χ1) is 10.1. The molecule has 2 N–H and O–H groups in total.